The fourth-order valence-electron chi connectivity index (χ4n) is 3.20. The summed E-state index contributed by atoms with van der Waals surface area (Å²) in [5.41, 5.74) is 1.04. The molecule has 0 aromatic carbocycles. The van der Waals surface area contributed by atoms with Gasteiger partial charge in [0.15, 0.2) is 9.84 Å². The smallest absolute Gasteiger partial charge is 0.240 e. The Kier molecular flexibility index (Phi) is 5.59. The highest BCUT2D eigenvalue weighted by Gasteiger charge is 2.39. The minimum absolute atomic E-state index is 0.174. The van der Waals surface area contributed by atoms with Gasteiger partial charge in [0.1, 0.15) is 11.4 Å². The molecular weight excluding hydrogens is 350 g/mol. The topological polar surface area (TPSA) is 72.9 Å². The van der Waals surface area contributed by atoms with E-state index in [1.165, 1.54) is 6.92 Å². The van der Waals surface area contributed by atoms with Crippen LogP contribution in [0.1, 0.15) is 31.4 Å². The number of nitrogens with zero attached hydrogens (tertiary/aromatic N) is 1. The SMILES string of the molecule is CC(C(=O)N1CCOC(c2ccsc2)C1)S(=O)(=O)C1CCOCC1. The van der Waals surface area contributed by atoms with Gasteiger partial charge >= 0.3 is 0 Å². The summed E-state index contributed by atoms with van der Waals surface area (Å²) >= 11 is 1.58. The molecule has 3 heterocycles. The number of carbonyl (C=O) groups is 1. The zero-order chi connectivity index (χ0) is 17.2. The van der Waals surface area contributed by atoms with E-state index in [4.69, 9.17) is 9.47 Å². The van der Waals surface area contributed by atoms with E-state index in [9.17, 15) is 13.2 Å². The van der Waals surface area contributed by atoms with Gasteiger partial charge in [-0.2, -0.15) is 11.3 Å². The first-order valence-corrected chi connectivity index (χ1v) is 10.8. The Labute approximate surface area is 146 Å². The number of carbonyl (C=O) groups excluding carboxylic acids is 1. The van der Waals surface area contributed by atoms with Crippen LogP contribution >= 0.6 is 11.3 Å². The lowest BCUT2D eigenvalue weighted by molar-refractivity contribution is -0.138. The van der Waals surface area contributed by atoms with Crippen LogP contribution in [0.2, 0.25) is 0 Å². The van der Waals surface area contributed by atoms with Crippen molar-refractivity contribution in [3.63, 3.8) is 0 Å². The zero-order valence-electron chi connectivity index (χ0n) is 13.7. The summed E-state index contributed by atoms with van der Waals surface area (Å²) in [6.07, 6.45) is 0.771. The number of sulfone groups is 1. The average molecular weight is 373 g/mol. The molecule has 0 spiro atoms. The van der Waals surface area contributed by atoms with Crippen LogP contribution in [0.5, 0.6) is 0 Å². The largest absolute Gasteiger partial charge is 0.381 e. The molecule has 1 amide bonds. The van der Waals surface area contributed by atoms with Gasteiger partial charge in [0.25, 0.3) is 0 Å². The van der Waals surface area contributed by atoms with Crippen molar-refractivity contribution < 1.29 is 22.7 Å². The Morgan fingerprint density at radius 1 is 1.33 bits per heavy atom. The van der Waals surface area contributed by atoms with Crippen LogP contribution < -0.4 is 0 Å². The molecule has 1 aromatic rings. The molecule has 0 N–H and O–H groups in total. The Bertz CT molecular complexity index is 652. The Balaban J connectivity index is 1.68. The number of hydrogen-bond acceptors (Lipinski definition) is 6. The normalized spacial score (nSPS) is 24.7. The highest BCUT2D eigenvalue weighted by Crippen LogP contribution is 2.26. The van der Waals surface area contributed by atoms with Gasteiger partial charge in [-0.05, 0) is 42.2 Å². The fraction of sp³-hybridized carbons (Fsp3) is 0.688. The first-order chi connectivity index (χ1) is 11.5. The second kappa shape index (κ2) is 7.51. The Morgan fingerprint density at radius 3 is 2.75 bits per heavy atom. The monoisotopic (exact) mass is 373 g/mol. The first kappa shape index (κ1) is 17.8. The van der Waals surface area contributed by atoms with Crippen molar-refractivity contribution >= 4 is 27.1 Å². The Morgan fingerprint density at radius 2 is 2.08 bits per heavy atom. The predicted molar refractivity (Wildman–Crippen MR) is 91.8 cm³/mol. The van der Waals surface area contributed by atoms with E-state index in [1.54, 1.807) is 16.2 Å². The van der Waals surface area contributed by atoms with Crippen molar-refractivity contribution in [3.05, 3.63) is 22.4 Å². The minimum Gasteiger partial charge on any atom is -0.381 e. The molecular formula is C16H23NO5S2. The predicted octanol–water partition coefficient (Wildman–Crippen LogP) is 1.63. The van der Waals surface area contributed by atoms with Crippen LogP contribution in [0.4, 0.5) is 0 Å². The maximum Gasteiger partial charge on any atom is 0.240 e. The second-order valence-electron chi connectivity index (χ2n) is 6.24. The van der Waals surface area contributed by atoms with Gasteiger partial charge in [-0.3, -0.25) is 4.79 Å². The molecule has 0 saturated carbocycles. The molecule has 8 heteroatoms. The average Bonchev–Trinajstić information content (AvgIpc) is 3.16. The van der Waals surface area contributed by atoms with Crippen LogP contribution in [-0.4, -0.2) is 62.6 Å². The van der Waals surface area contributed by atoms with Gasteiger partial charge in [0.05, 0.1) is 18.4 Å². The third-order valence-electron chi connectivity index (χ3n) is 4.77. The van der Waals surface area contributed by atoms with Crippen LogP contribution in [0.25, 0.3) is 0 Å². The quantitative estimate of drug-likeness (QED) is 0.802. The van der Waals surface area contributed by atoms with Crippen molar-refractivity contribution in [2.75, 3.05) is 32.9 Å². The number of hydrogen-bond donors (Lipinski definition) is 0. The molecule has 0 bridgehead atoms. The summed E-state index contributed by atoms with van der Waals surface area (Å²) in [6.45, 7) is 3.68. The number of amides is 1. The zero-order valence-corrected chi connectivity index (χ0v) is 15.4. The van der Waals surface area contributed by atoms with Gasteiger partial charge in [-0.15, -0.1) is 0 Å². The lowest BCUT2D eigenvalue weighted by atomic mass is 10.1. The van der Waals surface area contributed by atoms with Crippen LogP contribution in [0.3, 0.4) is 0 Å². The summed E-state index contributed by atoms with van der Waals surface area (Å²) in [7, 11) is -3.49. The van der Waals surface area contributed by atoms with Crippen LogP contribution in [0.15, 0.2) is 16.8 Å². The van der Waals surface area contributed by atoms with Crippen molar-refractivity contribution in [2.45, 2.75) is 36.4 Å². The fourth-order valence-corrected chi connectivity index (χ4v) is 5.76. The van der Waals surface area contributed by atoms with E-state index in [2.05, 4.69) is 0 Å². The molecule has 3 rings (SSSR count). The lowest BCUT2D eigenvalue weighted by Crippen LogP contribution is -2.50. The molecule has 1 aromatic heterocycles. The highest BCUT2D eigenvalue weighted by molar-refractivity contribution is 7.93. The maximum atomic E-state index is 12.8. The molecule has 0 radical (unpaired) electrons. The van der Waals surface area contributed by atoms with E-state index < -0.39 is 20.3 Å². The lowest BCUT2D eigenvalue weighted by Gasteiger charge is -2.35. The number of morpholine rings is 1. The van der Waals surface area contributed by atoms with Crippen molar-refractivity contribution in [1.29, 1.82) is 0 Å². The molecule has 2 aliphatic rings. The number of ether oxygens (including phenoxy) is 2. The van der Waals surface area contributed by atoms with E-state index in [0.29, 0.717) is 45.8 Å². The number of rotatable bonds is 4. The summed E-state index contributed by atoms with van der Waals surface area (Å²) in [5, 5.41) is 2.49. The van der Waals surface area contributed by atoms with E-state index >= 15 is 0 Å². The molecule has 0 aliphatic carbocycles. The van der Waals surface area contributed by atoms with E-state index in [0.717, 1.165) is 5.56 Å². The van der Waals surface area contributed by atoms with Gasteiger partial charge in [0, 0.05) is 19.8 Å². The van der Waals surface area contributed by atoms with Crippen molar-refractivity contribution in [1.82, 2.24) is 4.90 Å². The molecule has 2 unspecified atom stereocenters. The van der Waals surface area contributed by atoms with Crippen LogP contribution in [0, 0.1) is 0 Å². The van der Waals surface area contributed by atoms with Crippen molar-refractivity contribution in [3.8, 4) is 0 Å². The summed E-state index contributed by atoms with van der Waals surface area (Å²) in [4.78, 5) is 14.4. The van der Waals surface area contributed by atoms with Gasteiger partial charge in [-0.25, -0.2) is 8.42 Å². The van der Waals surface area contributed by atoms with E-state index in [1.807, 2.05) is 16.8 Å². The molecule has 24 heavy (non-hydrogen) atoms. The van der Waals surface area contributed by atoms with Gasteiger partial charge < -0.3 is 14.4 Å². The molecule has 2 aliphatic heterocycles. The van der Waals surface area contributed by atoms with Gasteiger partial charge in [-0.1, -0.05) is 0 Å². The third-order valence-corrected chi connectivity index (χ3v) is 8.06. The molecule has 134 valence electrons. The van der Waals surface area contributed by atoms with Gasteiger partial charge in [0.2, 0.25) is 5.91 Å². The molecule has 2 fully saturated rings. The maximum absolute atomic E-state index is 12.8. The highest BCUT2D eigenvalue weighted by atomic mass is 32.2. The Hall–Kier alpha value is -0.960. The molecule has 2 saturated heterocycles. The molecule has 2 atom stereocenters. The van der Waals surface area contributed by atoms with E-state index in [-0.39, 0.29) is 12.0 Å². The first-order valence-electron chi connectivity index (χ1n) is 8.23. The standard InChI is InChI=1S/C16H23NO5S2/c1-12(24(19,20)14-2-6-21-7-3-14)16(18)17-5-8-22-15(10-17)13-4-9-23-11-13/h4,9,11-12,14-15H,2-3,5-8,10H2,1H3. The summed E-state index contributed by atoms with van der Waals surface area (Å²) < 4.78 is 36.5. The third kappa shape index (κ3) is 3.66. The summed E-state index contributed by atoms with van der Waals surface area (Å²) in [6, 6.07) is 1.98. The van der Waals surface area contributed by atoms with Crippen molar-refractivity contribution in [2.24, 2.45) is 0 Å². The number of thiophene rings is 1. The van der Waals surface area contributed by atoms with Crippen LogP contribution in [-0.2, 0) is 24.1 Å². The molecule has 6 nitrogen and oxygen atoms in total. The summed E-state index contributed by atoms with van der Waals surface area (Å²) in [5.74, 6) is -0.315. The minimum atomic E-state index is -3.49. The second-order valence-corrected chi connectivity index (χ2v) is 9.58.